The third-order valence-electron chi connectivity index (χ3n) is 11.2. The number of pyridine rings is 2. The molecule has 13 nitrogen and oxygen atoms in total. The predicted molar refractivity (Wildman–Crippen MR) is 193 cm³/mol. The summed E-state index contributed by atoms with van der Waals surface area (Å²) in [6, 6.07) is 10.8. The molecule has 52 heavy (non-hydrogen) atoms. The molecule has 4 aliphatic heterocycles. The molecule has 2 unspecified atom stereocenters. The summed E-state index contributed by atoms with van der Waals surface area (Å²) in [6.45, 7) is 4.16. The number of likely N-dealkylation sites (tertiary alicyclic amines) is 1. The maximum Gasteiger partial charge on any atom is 0.259 e. The molecule has 0 radical (unpaired) electrons. The van der Waals surface area contributed by atoms with Crippen molar-refractivity contribution in [2.45, 2.75) is 56.8 Å². The van der Waals surface area contributed by atoms with Crippen molar-refractivity contribution >= 4 is 34.3 Å². The quantitative estimate of drug-likeness (QED) is 0.261. The number of amides is 3. The Bertz CT molecular complexity index is 2150. The van der Waals surface area contributed by atoms with Crippen molar-refractivity contribution in [2.75, 3.05) is 45.3 Å². The number of methoxy groups -OCH3 is 2. The van der Waals surface area contributed by atoms with E-state index in [1.165, 1.54) is 4.90 Å². The lowest BCUT2D eigenvalue weighted by atomic mass is 9.87. The van der Waals surface area contributed by atoms with E-state index in [4.69, 9.17) is 9.47 Å². The first kappa shape index (κ1) is 33.9. The van der Waals surface area contributed by atoms with Crippen molar-refractivity contribution in [1.29, 1.82) is 0 Å². The van der Waals surface area contributed by atoms with E-state index in [1.54, 1.807) is 38.1 Å². The SMILES string of the molecule is COc1cc(-c2cn(C)c(=O)c3cnc(N4CCC4)cc23)cc(OC)c1CN1CCC(c2ccc3c(c2)C(O)N(C2CCC(=O)NC2=O)C3=O)CC1. The lowest BCUT2D eigenvalue weighted by Crippen LogP contribution is -2.53. The first-order valence-electron chi connectivity index (χ1n) is 17.9. The van der Waals surface area contributed by atoms with Gasteiger partial charge in [-0.1, -0.05) is 12.1 Å². The van der Waals surface area contributed by atoms with Gasteiger partial charge in [0.05, 0.1) is 25.2 Å². The van der Waals surface area contributed by atoms with Crippen molar-refractivity contribution in [2.24, 2.45) is 7.05 Å². The lowest BCUT2D eigenvalue weighted by molar-refractivity contribution is -0.139. The molecule has 270 valence electrons. The molecule has 0 aliphatic carbocycles. The van der Waals surface area contributed by atoms with Gasteiger partial charge in [0, 0.05) is 67.6 Å². The van der Waals surface area contributed by atoms with Gasteiger partial charge in [-0.05, 0) is 80.1 Å². The van der Waals surface area contributed by atoms with Crippen LogP contribution in [-0.4, -0.2) is 88.6 Å². The molecule has 0 bridgehead atoms. The summed E-state index contributed by atoms with van der Waals surface area (Å²) in [5.74, 6) is 1.18. The number of aliphatic hydroxyl groups excluding tert-OH is 1. The Labute approximate surface area is 300 Å². The molecule has 2 aromatic heterocycles. The Morgan fingerprint density at radius 3 is 2.29 bits per heavy atom. The van der Waals surface area contributed by atoms with Crippen LogP contribution in [0.5, 0.6) is 11.5 Å². The monoisotopic (exact) mass is 706 g/mol. The summed E-state index contributed by atoms with van der Waals surface area (Å²) < 4.78 is 13.5. The third-order valence-corrected chi connectivity index (χ3v) is 11.2. The van der Waals surface area contributed by atoms with Crippen LogP contribution in [0.3, 0.4) is 0 Å². The molecule has 13 heteroatoms. The van der Waals surface area contributed by atoms with Crippen molar-refractivity contribution < 1.29 is 29.0 Å². The summed E-state index contributed by atoms with van der Waals surface area (Å²) in [6.07, 6.45) is 5.49. The topological polar surface area (TPSA) is 147 Å². The highest BCUT2D eigenvalue weighted by Gasteiger charge is 2.44. The number of benzene rings is 2. The zero-order valence-electron chi connectivity index (χ0n) is 29.6. The first-order chi connectivity index (χ1) is 25.1. The fraction of sp³-hybridized carbons (Fsp3) is 0.410. The molecule has 3 amide bonds. The molecule has 3 fully saturated rings. The molecule has 6 heterocycles. The van der Waals surface area contributed by atoms with Crippen LogP contribution >= 0.6 is 0 Å². The maximum absolute atomic E-state index is 13.2. The highest BCUT2D eigenvalue weighted by Crippen LogP contribution is 2.41. The van der Waals surface area contributed by atoms with Crippen LogP contribution < -0.4 is 25.2 Å². The second-order valence-electron chi connectivity index (χ2n) is 14.2. The highest BCUT2D eigenvalue weighted by atomic mass is 16.5. The van der Waals surface area contributed by atoms with Crippen molar-refractivity contribution in [3.8, 4) is 22.6 Å². The molecular weight excluding hydrogens is 664 g/mol. The van der Waals surface area contributed by atoms with E-state index in [1.807, 2.05) is 36.5 Å². The number of fused-ring (bicyclic) bond motifs is 2. The predicted octanol–water partition coefficient (Wildman–Crippen LogP) is 3.46. The number of nitrogens with one attached hydrogen (secondary N) is 1. The summed E-state index contributed by atoms with van der Waals surface area (Å²) in [4.78, 5) is 60.9. The van der Waals surface area contributed by atoms with E-state index in [2.05, 4.69) is 20.1 Å². The number of ether oxygens (including phenoxy) is 2. The third kappa shape index (κ3) is 5.77. The standard InChI is InChI=1S/C39H42N6O7/c1-42-20-29(26-18-34(44-11-4-12-44)40-19-28(26)37(42)48)24-16-32(51-2)30(33(17-24)52-3)21-43-13-9-22(10-14-43)23-5-6-25-27(15-23)39(50)45(38(25)49)31-7-8-35(46)41-36(31)47/h5-6,15-20,22,31,39,50H,4,7-14,21H2,1-3H3,(H,41,46,47). The lowest BCUT2D eigenvalue weighted by Gasteiger charge is -2.33. The van der Waals surface area contributed by atoms with Gasteiger partial charge in [-0.25, -0.2) is 4.98 Å². The Hall–Kier alpha value is -5.27. The van der Waals surface area contributed by atoms with Gasteiger partial charge in [0.1, 0.15) is 23.4 Å². The zero-order chi connectivity index (χ0) is 36.3. The van der Waals surface area contributed by atoms with Crippen LogP contribution in [0.15, 0.2) is 53.6 Å². The number of anilines is 1. The molecule has 2 atom stereocenters. The molecule has 0 saturated carbocycles. The first-order valence-corrected chi connectivity index (χ1v) is 17.9. The number of piperidine rings is 2. The zero-order valence-corrected chi connectivity index (χ0v) is 29.6. The largest absolute Gasteiger partial charge is 0.496 e. The van der Waals surface area contributed by atoms with E-state index < -0.39 is 24.1 Å². The van der Waals surface area contributed by atoms with Crippen molar-refractivity contribution in [3.63, 3.8) is 0 Å². The summed E-state index contributed by atoms with van der Waals surface area (Å²) in [7, 11) is 5.07. The number of aromatic nitrogens is 2. The Morgan fingerprint density at radius 1 is 0.904 bits per heavy atom. The second-order valence-corrected chi connectivity index (χ2v) is 14.2. The van der Waals surface area contributed by atoms with Gasteiger partial charge in [-0.3, -0.25) is 34.3 Å². The van der Waals surface area contributed by atoms with Crippen LogP contribution in [0.2, 0.25) is 0 Å². The second kappa shape index (κ2) is 13.4. The molecular formula is C39H42N6O7. The number of carbonyl (C=O) groups is 3. The van der Waals surface area contributed by atoms with Gasteiger partial charge in [0.2, 0.25) is 11.8 Å². The molecule has 2 aromatic carbocycles. The van der Waals surface area contributed by atoms with Gasteiger partial charge in [0.15, 0.2) is 6.23 Å². The molecule has 3 saturated heterocycles. The summed E-state index contributed by atoms with van der Waals surface area (Å²) in [5.41, 5.74) is 4.56. The number of aliphatic hydroxyl groups is 1. The summed E-state index contributed by atoms with van der Waals surface area (Å²) in [5, 5.41) is 14.9. The Balaban J connectivity index is 1.00. The van der Waals surface area contributed by atoms with Crippen molar-refractivity contribution in [1.82, 2.24) is 24.7 Å². The van der Waals surface area contributed by atoms with E-state index in [9.17, 15) is 24.3 Å². The van der Waals surface area contributed by atoms with Gasteiger partial charge in [-0.2, -0.15) is 0 Å². The number of hydrogen-bond acceptors (Lipinski definition) is 10. The number of carbonyl (C=O) groups excluding carboxylic acids is 3. The smallest absolute Gasteiger partial charge is 0.259 e. The molecule has 4 aliphatic rings. The normalized spacial score (nSPS) is 21.0. The van der Waals surface area contributed by atoms with Gasteiger partial charge in [-0.15, -0.1) is 0 Å². The average Bonchev–Trinajstić information content (AvgIpc) is 3.37. The maximum atomic E-state index is 13.2. The van der Waals surface area contributed by atoms with E-state index in [0.29, 0.717) is 34.6 Å². The van der Waals surface area contributed by atoms with Gasteiger partial charge >= 0.3 is 0 Å². The van der Waals surface area contributed by atoms with E-state index in [-0.39, 0.29) is 30.2 Å². The van der Waals surface area contributed by atoms with Crippen LogP contribution in [0.4, 0.5) is 5.82 Å². The number of nitrogens with zero attached hydrogens (tertiary/aromatic N) is 5. The number of rotatable bonds is 8. The fourth-order valence-corrected chi connectivity index (χ4v) is 8.14. The molecule has 4 aromatic rings. The molecule has 0 spiro atoms. The Morgan fingerprint density at radius 2 is 1.63 bits per heavy atom. The number of hydrogen-bond donors (Lipinski definition) is 2. The molecule has 2 N–H and O–H groups in total. The van der Waals surface area contributed by atoms with E-state index >= 15 is 0 Å². The minimum atomic E-state index is -1.24. The minimum absolute atomic E-state index is 0.0980. The van der Waals surface area contributed by atoms with Crippen LogP contribution in [0, 0.1) is 0 Å². The number of imide groups is 1. The van der Waals surface area contributed by atoms with Crippen LogP contribution in [-0.2, 0) is 23.2 Å². The van der Waals surface area contributed by atoms with Gasteiger partial charge < -0.3 is 24.0 Å². The Kier molecular flexibility index (Phi) is 8.70. The summed E-state index contributed by atoms with van der Waals surface area (Å²) >= 11 is 0. The van der Waals surface area contributed by atoms with Crippen LogP contribution in [0.25, 0.3) is 21.9 Å². The fourth-order valence-electron chi connectivity index (χ4n) is 8.14. The van der Waals surface area contributed by atoms with Crippen molar-refractivity contribution in [3.05, 3.63) is 81.4 Å². The minimum Gasteiger partial charge on any atom is -0.496 e. The average molecular weight is 707 g/mol. The number of aryl methyl sites for hydroxylation is 1. The van der Waals surface area contributed by atoms with Crippen LogP contribution in [0.1, 0.15) is 71.3 Å². The highest BCUT2D eigenvalue weighted by molar-refractivity contribution is 6.05. The van der Waals surface area contributed by atoms with E-state index in [0.717, 1.165) is 78.9 Å². The molecule has 8 rings (SSSR count). The van der Waals surface area contributed by atoms with Gasteiger partial charge in [0.25, 0.3) is 11.5 Å².